The van der Waals surface area contributed by atoms with E-state index in [9.17, 15) is 18.0 Å². The van der Waals surface area contributed by atoms with Crippen LogP contribution in [-0.4, -0.2) is 31.3 Å². The molecule has 10 heteroatoms. The van der Waals surface area contributed by atoms with Gasteiger partial charge in [0.25, 0.3) is 5.56 Å². The zero-order chi connectivity index (χ0) is 25.4. The highest BCUT2D eigenvalue weighted by Crippen LogP contribution is 2.41. The van der Waals surface area contributed by atoms with Gasteiger partial charge in [-0.3, -0.25) is 19.1 Å². The van der Waals surface area contributed by atoms with Gasteiger partial charge in [-0.05, 0) is 58.8 Å². The van der Waals surface area contributed by atoms with Crippen LogP contribution in [0.1, 0.15) is 0 Å². The third-order valence-electron chi connectivity index (χ3n) is 5.62. The number of hydrogen-bond acceptors (Lipinski definition) is 6. The number of aromatic amines is 1. The number of nitrogens with one attached hydrogen (secondary N) is 2. The molecule has 5 aromatic rings. The van der Waals surface area contributed by atoms with Gasteiger partial charge in [-0.1, -0.05) is 18.2 Å². The number of hydrogen-bond donors (Lipinski definition) is 2. The van der Waals surface area contributed by atoms with Crippen molar-refractivity contribution in [1.82, 2.24) is 9.55 Å². The second-order valence-corrected chi connectivity index (χ2v) is 9.93. The summed E-state index contributed by atoms with van der Waals surface area (Å²) in [7, 11) is -1.84. The predicted octanol–water partition coefficient (Wildman–Crippen LogP) is 3.99. The number of anilines is 1. The Morgan fingerprint density at radius 2 is 1.69 bits per heavy atom. The lowest BCUT2D eigenvalue weighted by Gasteiger charge is -2.17. The summed E-state index contributed by atoms with van der Waals surface area (Å²) in [6.07, 6.45) is 4.06. The average Bonchev–Trinajstić information content (AvgIpc) is 3.37. The second kappa shape index (κ2) is 8.90. The van der Waals surface area contributed by atoms with Crippen molar-refractivity contribution in [3.05, 3.63) is 100 Å². The maximum absolute atomic E-state index is 12.6. The SMILES string of the molecule is COc1c(-c2ccc3cc(NS(C)(=O)=O)ccc3c2)cc(-n2ccc(=O)[nH]c2=O)cc1-c1ccco1. The molecule has 9 nitrogen and oxygen atoms in total. The van der Waals surface area contributed by atoms with Crippen LogP contribution in [0, 0.1) is 0 Å². The molecule has 36 heavy (non-hydrogen) atoms. The van der Waals surface area contributed by atoms with Crippen LogP contribution in [0.15, 0.2) is 93.2 Å². The molecule has 2 heterocycles. The average molecular weight is 504 g/mol. The Labute approximate surface area is 205 Å². The minimum Gasteiger partial charge on any atom is -0.495 e. The molecule has 0 atom stereocenters. The first-order valence-electron chi connectivity index (χ1n) is 10.8. The summed E-state index contributed by atoms with van der Waals surface area (Å²) in [6.45, 7) is 0. The van der Waals surface area contributed by atoms with Crippen LogP contribution in [0.3, 0.4) is 0 Å². The number of ether oxygens (including phenoxy) is 1. The zero-order valence-corrected chi connectivity index (χ0v) is 20.1. The van der Waals surface area contributed by atoms with E-state index in [1.54, 1.807) is 49.8 Å². The molecular formula is C26H21N3O6S. The lowest BCUT2D eigenvalue weighted by Crippen LogP contribution is -2.27. The summed E-state index contributed by atoms with van der Waals surface area (Å²) in [6, 6.07) is 19.3. The van der Waals surface area contributed by atoms with Gasteiger partial charge in [-0.2, -0.15) is 0 Å². The van der Waals surface area contributed by atoms with Crippen LogP contribution in [0.25, 0.3) is 38.9 Å². The van der Waals surface area contributed by atoms with E-state index < -0.39 is 21.3 Å². The molecule has 0 aliphatic heterocycles. The summed E-state index contributed by atoms with van der Waals surface area (Å²) in [5, 5.41) is 1.71. The summed E-state index contributed by atoms with van der Waals surface area (Å²) >= 11 is 0. The summed E-state index contributed by atoms with van der Waals surface area (Å²) < 4.78 is 38.4. The molecule has 0 fully saturated rings. The highest BCUT2D eigenvalue weighted by Gasteiger charge is 2.18. The number of H-pyrrole nitrogens is 1. The van der Waals surface area contributed by atoms with Crippen molar-refractivity contribution in [1.29, 1.82) is 0 Å². The zero-order valence-electron chi connectivity index (χ0n) is 19.3. The number of methoxy groups -OCH3 is 1. The molecule has 0 bridgehead atoms. The minimum atomic E-state index is -3.40. The van der Waals surface area contributed by atoms with Crippen molar-refractivity contribution in [3.63, 3.8) is 0 Å². The lowest BCUT2D eigenvalue weighted by atomic mass is 9.96. The van der Waals surface area contributed by atoms with E-state index in [4.69, 9.17) is 9.15 Å². The Hall–Kier alpha value is -4.57. The van der Waals surface area contributed by atoms with Crippen molar-refractivity contribution >= 4 is 26.5 Å². The second-order valence-electron chi connectivity index (χ2n) is 8.18. The van der Waals surface area contributed by atoms with Crippen LogP contribution in [0.5, 0.6) is 5.75 Å². The Bertz CT molecular complexity index is 1820. The van der Waals surface area contributed by atoms with Gasteiger partial charge in [0.2, 0.25) is 10.0 Å². The van der Waals surface area contributed by atoms with Crippen LogP contribution in [-0.2, 0) is 10.0 Å². The summed E-state index contributed by atoms with van der Waals surface area (Å²) in [4.78, 5) is 26.4. The van der Waals surface area contributed by atoms with Gasteiger partial charge in [0.1, 0.15) is 11.5 Å². The summed E-state index contributed by atoms with van der Waals surface area (Å²) in [5.41, 5.74) is 2.03. The number of furan rings is 1. The van der Waals surface area contributed by atoms with Crippen LogP contribution in [0.4, 0.5) is 5.69 Å². The van der Waals surface area contributed by atoms with Gasteiger partial charge in [0.05, 0.1) is 30.9 Å². The van der Waals surface area contributed by atoms with Crippen molar-refractivity contribution < 1.29 is 17.6 Å². The molecule has 0 amide bonds. The molecule has 0 saturated carbocycles. The molecule has 0 saturated heterocycles. The first kappa shape index (κ1) is 23.2. The van der Waals surface area contributed by atoms with E-state index >= 15 is 0 Å². The molecule has 2 N–H and O–H groups in total. The Kier molecular flexibility index (Phi) is 5.73. The number of fused-ring (bicyclic) bond motifs is 1. The highest BCUT2D eigenvalue weighted by molar-refractivity contribution is 7.92. The van der Waals surface area contributed by atoms with Gasteiger partial charge >= 0.3 is 5.69 Å². The van der Waals surface area contributed by atoms with E-state index in [0.717, 1.165) is 22.6 Å². The molecule has 0 unspecified atom stereocenters. The number of sulfonamides is 1. The van der Waals surface area contributed by atoms with Crippen LogP contribution in [0.2, 0.25) is 0 Å². The quantitative estimate of drug-likeness (QED) is 0.361. The smallest absolute Gasteiger partial charge is 0.332 e. The Balaban J connectivity index is 1.72. The van der Waals surface area contributed by atoms with Gasteiger partial charge in [-0.25, -0.2) is 13.2 Å². The molecule has 5 rings (SSSR count). The molecule has 0 aliphatic carbocycles. The molecule has 182 valence electrons. The summed E-state index contributed by atoms with van der Waals surface area (Å²) in [5.74, 6) is 1.09. The maximum Gasteiger partial charge on any atom is 0.332 e. The Morgan fingerprint density at radius 1 is 0.944 bits per heavy atom. The first-order valence-corrected chi connectivity index (χ1v) is 12.7. The first-order chi connectivity index (χ1) is 17.2. The maximum atomic E-state index is 12.6. The van der Waals surface area contributed by atoms with E-state index in [-0.39, 0.29) is 0 Å². The minimum absolute atomic E-state index is 0.467. The molecule has 0 radical (unpaired) electrons. The number of nitrogens with zero attached hydrogens (tertiary/aromatic N) is 1. The van der Waals surface area contributed by atoms with Crippen molar-refractivity contribution in [2.75, 3.05) is 18.1 Å². The standard InChI is InChI=1S/C26H21N3O6S/c1-34-25-21(18-6-5-17-13-19(28-36(2,32)33)8-7-16(17)12-18)14-20(15-22(25)23-4-3-11-35-23)29-10-9-24(30)27-26(29)31/h3-15,28H,1-2H3,(H,27,30,31). The van der Waals surface area contributed by atoms with E-state index in [1.165, 1.54) is 16.8 Å². The molecular weight excluding hydrogens is 482 g/mol. The third-order valence-corrected chi connectivity index (χ3v) is 6.23. The van der Waals surface area contributed by atoms with Gasteiger partial charge in [0.15, 0.2) is 0 Å². The van der Waals surface area contributed by atoms with Crippen molar-refractivity contribution in [2.45, 2.75) is 0 Å². The highest BCUT2D eigenvalue weighted by atomic mass is 32.2. The predicted molar refractivity (Wildman–Crippen MR) is 138 cm³/mol. The van der Waals surface area contributed by atoms with Crippen molar-refractivity contribution in [2.24, 2.45) is 0 Å². The third kappa shape index (κ3) is 4.53. The normalized spacial score (nSPS) is 11.5. The molecule has 0 spiro atoms. The number of rotatable bonds is 6. The topological polar surface area (TPSA) is 123 Å². The lowest BCUT2D eigenvalue weighted by molar-refractivity contribution is 0.416. The molecule has 0 aliphatic rings. The van der Waals surface area contributed by atoms with Gasteiger partial charge < -0.3 is 9.15 Å². The van der Waals surface area contributed by atoms with Crippen molar-refractivity contribution in [3.8, 4) is 33.9 Å². The number of benzene rings is 3. The van der Waals surface area contributed by atoms with E-state index in [2.05, 4.69) is 9.71 Å². The van der Waals surface area contributed by atoms with Crippen LogP contribution < -0.4 is 20.7 Å². The fraction of sp³-hybridized carbons (Fsp3) is 0.0769. The van der Waals surface area contributed by atoms with E-state index in [0.29, 0.717) is 34.0 Å². The molecule has 2 aromatic heterocycles. The molecule has 3 aromatic carbocycles. The van der Waals surface area contributed by atoms with E-state index in [1.807, 2.05) is 24.3 Å². The fourth-order valence-electron chi connectivity index (χ4n) is 4.11. The number of aromatic nitrogens is 2. The van der Waals surface area contributed by atoms with Crippen LogP contribution >= 0.6 is 0 Å². The monoisotopic (exact) mass is 503 g/mol. The Morgan fingerprint density at radius 3 is 2.39 bits per heavy atom. The van der Waals surface area contributed by atoms with Gasteiger partial charge in [-0.15, -0.1) is 0 Å². The van der Waals surface area contributed by atoms with Gasteiger partial charge in [0, 0.05) is 23.5 Å². The fourth-order valence-corrected chi connectivity index (χ4v) is 4.67. The largest absolute Gasteiger partial charge is 0.495 e.